The fourth-order valence-corrected chi connectivity index (χ4v) is 5.71. The molecular weight excluding hydrogens is 483 g/mol. The first-order valence-electron chi connectivity index (χ1n) is 11.8. The van der Waals surface area contributed by atoms with Crippen molar-refractivity contribution in [2.45, 2.75) is 38.8 Å². The Labute approximate surface area is 209 Å². The first kappa shape index (κ1) is 25.8. The van der Waals surface area contributed by atoms with Crippen LogP contribution in [0.25, 0.3) is 11.2 Å². The van der Waals surface area contributed by atoms with Crippen LogP contribution < -0.4 is 15.3 Å². The normalized spacial score (nSPS) is 20.6. The number of ether oxygens (including phenoxy) is 1. The number of nitrogen functional groups attached to an aromatic ring is 1. The highest BCUT2D eigenvalue weighted by molar-refractivity contribution is 7.52. The molecule has 0 saturated carbocycles. The van der Waals surface area contributed by atoms with Crippen LogP contribution in [0, 0.1) is 11.8 Å². The van der Waals surface area contributed by atoms with Crippen molar-refractivity contribution in [3.63, 3.8) is 0 Å². The van der Waals surface area contributed by atoms with E-state index in [0.29, 0.717) is 35.6 Å². The van der Waals surface area contributed by atoms with Crippen LogP contribution >= 0.6 is 7.75 Å². The molecule has 1 unspecified atom stereocenters. The van der Waals surface area contributed by atoms with Gasteiger partial charge in [0.2, 0.25) is 0 Å². The smallest absolute Gasteiger partial charge is 0.459 e. The first-order chi connectivity index (χ1) is 17.3. The van der Waals surface area contributed by atoms with E-state index in [1.807, 2.05) is 36.6 Å². The van der Waals surface area contributed by atoms with Crippen LogP contribution in [0.5, 0.6) is 5.75 Å². The number of nitrogens with one attached hydrogen (secondary N) is 1. The third-order valence-electron chi connectivity index (χ3n) is 6.29. The lowest BCUT2D eigenvalue weighted by atomic mass is 10.0. The number of fused-ring (bicyclic) bond motifs is 1. The largest absolute Gasteiger partial charge is 0.468 e. The Morgan fingerprint density at radius 3 is 2.75 bits per heavy atom. The van der Waals surface area contributed by atoms with Crippen molar-refractivity contribution >= 4 is 30.7 Å². The number of nitrogens with two attached hydrogens (primary N) is 1. The van der Waals surface area contributed by atoms with Gasteiger partial charge in [0, 0.05) is 5.92 Å². The minimum atomic E-state index is -3.95. The predicted molar refractivity (Wildman–Crippen MR) is 135 cm³/mol. The number of carbonyl (C=O) groups is 1. The van der Waals surface area contributed by atoms with Crippen LogP contribution in [0.3, 0.4) is 0 Å². The molecule has 1 aliphatic rings. The molecular formula is C24H31N6O5P. The Balaban J connectivity index is 1.48. The molecule has 12 heteroatoms. The summed E-state index contributed by atoms with van der Waals surface area (Å²) in [4.78, 5) is 25.1. The fourth-order valence-electron chi connectivity index (χ4n) is 4.04. The lowest BCUT2D eigenvalue weighted by molar-refractivity contribution is -0.144. The summed E-state index contributed by atoms with van der Waals surface area (Å²) < 4.78 is 32.4. The lowest BCUT2D eigenvalue weighted by Crippen LogP contribution is -2.42. The van der Waals surface area contributed by atoms with E-state index in [0.717, 1.165) is 0 Å². The van der Waals surface area contributed by atoms with Gasteiger partial charge in [-0.25, -0.2) is 19.5 Å². The van der Waals surface area contributed by atoms with Crippen molar-refractivity contribution in [2.75, 3.05) is 19.5 Å². The summed E-state index contributed by atoms with van der Waals surface area (Å²) in [5, 5.41) is 2.84. The third-order valence-corrected chi connectivity index (χ3v) is 7.82. The maximum atomic E-state index is 13.9. The molecule has 0 fully saturated rings. The molecule has 1 aliphatic carbocycles. The molecule has 2 aromatic heterocycles. The van der Waals surface area contributed by atoms with Crippen molar-refractivity contribution in [2.24, 2.45) is 11.8 Å². The van der Waals surface area contributed by atoms with Crippen LogP contribution in [-0.2, 0) is 18.6 Å². The van der Waals surface area contributed by atoms with Gasteiger partial charge in [-0.1, -0.05) is 50.6 Å². The molecule has 36 heavy (non-hydrogen) atoms. The molecule has 11 nitrogen and oxygen atoms in total. The number of allylic oxidation sites excluding steroid dienone is 1. The Morgan fingerprint density at radius 2 is 2.03 bits per heavy atom. The van der Waals surface area contributed by atoms with Gasteiger partial charge >= 0.3 is 13.7 Å². The minimum absolute atomic E-state index is 0.0248. The molecule has 1 aromatic carbocycles. The number of imidazole rings is 1. The minimum Gasteiger partial charge on any atom is -0.468 e. The molecule has 3 N–H and O–H groups in total. The Hall–Kier alpha value is -3.27. The maximum absolute atomic E-state index is 13.9. The number of anilines is 1. The van der Waals surface area contributed by atoms with Gasteiger partial charge in [0.1, 0.15) is 23.6 Å². The molecule has 0 amide bonds. The lowest BCUT2D eigenvalue weighted by Gasteiger charge is -2.27. The highest BCUT2D eigenvalue weighted by atomic mass is 31.2. The number of nitrogens with zero attached hydrogens (tertiary/aromatic N) is 4. The monoisotopic (exact) mass is 514 g/mol. The molecule has 4 rings (SSSR count). The SMILES string of the molecule is CC[C@H](C)[C@H](NP(=O)(OC[C@H]1C=C[C@@H](n2cnc3c(N)ncnc32)C1)Oc1ccccc1)C(=O)OC. The molecule has 0 aliphatic heterocycles. The summed E-state index contributed by atoms with van der Waals surface area (Å²) in [6, 6.07) is 7.83. The van der Waals surface area contributed by atoms with E-state index >= 15 is 0 Å². The molecule has 3 aromatic rings. The Bertz CT molecular complexity index is 1270. The number of carbonyl (C=O) groups excluding carboxylic acids is 1. The van der Waals surface area contributed by atoms with Gasteiger partial charge in [0.05, 0.1) is 26.1 Å². The molecule has 0 bridgehead atoms. The summed E-state index contributed by atoms with van der Waals surface area (Å²) in [7, 11) is -2.65. The second-order valence-electron chi connectivity index (χ2n) is 8.74. The highest BCUT2D eigenvalue weighted by Gasteiger charge is 2.37. The molecule has 2 heterocycles. The summed E-state index contributed by atoms with van der Waals surface area (Å²) in [5.41, 5.74) is 7.10. The number of hydrogen-bond acceptors (Lipinski definition) is 9. The molecule has 5 atom stereocenters. The average molecular weight is 515 g/mol. The summed E-state index contributed by atoms with van der Waals surface area (Å²) >= 11 is 0. The van der Waals surface area contributed by atoms with Gasteiger partial charge < -0.3 is 19.6 Å². The van der Waals surface area contributed by atoms with Gasteiger partial charge in [0.15, 0.2) is 11.5 Å². The zero-order valence-electron chi connectivity index (χ0n) is 20.5. The summed E-state index contributed by atoms with van der Waals surface area (Å²) in [6.45, 7) is 3.92. The second kappa shape index (κ2) is 11.2. The topological polar surface area (TPSA) is 143 Å². The van der Waals surface area contributed by atoms with Gasteiger partial charge in [-0.2, -0.15) is 5.09 Å². The number of esters is 1. The predicted octanol–water partition coefficient (Wildman–Crippen LogP) is 3.91. The maximum Gasteiger partial charge on any atom is 0.459 e. The van der Waals surface area contributed by atoms with Crippen LogP contribution in [0.4, 0.5) is 5.82 Å². The van der Waals surface area contributed by atoms with E-state index in [1.54, 1.807) is 30.6 Å². The van der Waals surface area contributed by atoms with Gasteiger partial charge in [0.25, 0.3) is 0 Å². The van der Waals surface area contributed by atoms with E-state index in [2.05, 4.69) is 20.0 Å². The average Bonchev–Trinajstić information content (AvgIpc) is 3.54. The standard InChI is InChI=1S/C24H31N6O5P/c1-4-16(2)20(24(31)33-3)29-36(32,35-19-8-6-5-7-9-19)34-13-17-10-11-18(12-17)30-15-28-21-22(25)26-14-27-23(21)30/h5-11,14-18,20H,4,12-13H2,1-3H3,(H,29,32)(H2,25,26,27)/t16-,17-,18+,20-,36?/m0/s1. The van der Waals surface area contributed by atoms with E-state index in [-0.39, 0.29) is 24.5 Å². The van der Waals surface area contributed by atoms with E-state index in [1.165, 1.54) is 13.4 Å². The molecule has 0 spiro atoms. The Morgan fingerprint density at radius 1 is 1.25 bits per heavy atom. The fraction of sp³-hybridized carbons (Fsp3) is 0.417. The number of aromatic nitrogens is 4. The van der Waals surface area contributed by atoms with Gasteiger partial charge in [-0.3, -0.25) is 9.32 Å². The van der Waals surface area contributed by atoms with Crippen LogP contribution in [0.2, 0.25) is 0 Å². The van der Waals surface area contributed by atoms with E-state index < -0.39 is 19.8 Å². The number of hydrogen-bond donors (Lipinski definition) is 2. The number of benzene rings is 1. The van der Waals surface area contributed by atoms with Crippen molar-refractivity contribution in [3.8, 4) is 5.75 Å². The van der Waals surface area contributed by atoms with E-state index in [4.69, 9.17) is 19.5 Å². The summed E-state index contributed by atoms with van der Waals surface area (Å²) in [5.74, 6) is -0.0519. The Kier molecular flexibility index (Phi) is 8.03. The first-order valence-corrected chi connectivity index (χ1v) is 13.3. The van der Waals surface area contributed by atoms with Crippen LogP contribution in [0.1, 0.15) is 32.7 Å². The number of rotatable bonds is 11. The zero-order valence-corrected chi connectivity index (χ0v) is 21.4. The van der Waals surface area contributed by atoms with Gasteiger partial charge in [-0.15, -0.1) is 0 Å². The van der Waals surface area contributed by atoms with Crippen molar-refractivity contribution in [1.29, 1.82) is 0 Å². The third kappa shape index (κ3) is 5.75. The summed E-state index contributed by atoms with van der Waals surface area (Å²) in [6.07, 6.45) is 8.46. The van der Waals surface area contributed by atoms with Crippen LogP contribution in [-0.4, -0.2) is 45.2 Å². The van der Waals surface area contributed by atoms with Crippen molar-refractivity contribution < 1.29 is 23.1 Å². The molecule has 0 radical (unpaired) electrons. The van der Waals surface area contributed by atoms with Crippen molar-refractivity contribution in [1.82, 2.24) is 24.6 Å². The molecule has 192 valence electrons. The van der Waals surface area contributed by atoms with Gasteiger partial charge in [-0.05, 0) is 24.5 Å². The van der Waals surface area contributed by atoms with Crippen molar-refractivity contribution in [3.05, 3.63) is 55.1 Å². The number of methoxy groups -OCH3 is 1. The molecule has 0 saturated heterocycles. The highest BCUT2D eigenvalue weighted by Crippen LogP contribution is 2.47. The van der Waals surface area contributed by atoms with Crippen LogP contribution in [0.15, 0.2) is 55.1 Å². The van der Waals surface area contributed by atoms with E-state index in [9.17, 15) is 9.36 Å². The second-order valence-corrected chi connectivity index (χ2v) is 10.4. The quantitative estimate of drug-likeness (QED) is 0.220. The number of para-hydroxylation sites is 1. The zero-order chi connectivity index (χ0) is 25.7.